The summed E-state index contributed by atoms with van der Waals surface area (Å²) in [5, 5.41) is 0. The van der Waals surface area contributed by atoms with Crippen molar-refractivity contribution < 1.29 is 4.79 Å². The number of carbonyl (C=O) groups excluding carboxylic acids is 1. The summed E-state index contributed by atoms with van der Waals surface area (Å²) in [6.07, 6.45) is 2.34. The van der Waals surface area contributed by atoms with Crippen LogP contribution in [0.15, 0.2) is 0 Å². The number of piperidine rings is 1. The standard InChI is InChI=1S/C11H21NO.C2H6/c1-9(13)12-7-5-10(6-8-12)11(2,3)4;1-2/h10H,5-8H2,1-4H3;1-2H3. The average Bonchev–Trinajstić information content (AvgIpc) is 2.20. The van der Waals surface area contributed by atoms with Gasteiger partial charge in [-0.25, -0.2) is 0 Å². The molecule has 0 atom stereocenters. The van der Waals surface area contributed by atoms with Crippen LogP contribution in [-0.2, 0) is 4.79 Å². The van der Waals surface area contributed by atoms with Crippen LogP contribution in [0, 0.1) is 11.3 Å². The van der Waals surface area contributed by atoms with Gasteiger partial charge in [0.05, 0.1) is 0 Å². The third-order valence-corrected chi connectivity index (χ3v) is 3.17. The Labute approximate surface area is 95.0 Å². The molecule has 1 saturated heterocycles. The first-order chi connectivity index (χ1) is 6.91. The van der Waals surface area contributed by atoms with Crippen LogP contribution in [0.2, 0.25) is 0 Å². The third kappa shape index (κ3) is 4.67. The molecule has 1 aliphatic rings. The fourth-order valence-corrected chi connectivity index (χ4v) is 2.06. The zero-order chi connectivity index (χ0) is 12.1. The zero-order valence-corrected chi connectivity index (χ0v) is 11.3. The van der Waals surface area contributed by atoms with Crippen LogP contribution >= 0.6 is 0 Å². The van der Waals surface area contributed by atoms with Gasteiger partial charge >= 0.3 is 0 Å². The molecule has 0 aromatic carbocycles. The second-order valence-electron chi connectivity index (χ2n) is 5.15. The minimum atomic E-state index is 0.229. The van der Waals surface area contributed by atoms with Crippen LogP contribution in [0.5, 0.6) is 0 Å². The predicted octanol–water partition coefficient (Wildman–Crippen LogP) is 3.32. The Kier molecular flexibility index (Phi) is 5.92. The van der Waals surface area contributed by atoms with E-state index in [1.54, 1.807) is 6.92 Å². The number of hydrogen-bond donors (Lipinski definition) is 0. The maximum absolute atomic E-state index is 11.1. The Morgan fingerprint density at radius 2 is 1.53 bits per heavy atom. The molecule has 2 heteroatoms. The molecule has 0 bridgehead atoms. The van der Waals surface area contributed by atoms with E-state index in [4.69, 9.17) is 0 Å². The molecule has 0 unspecified atom stereocenters. The van der Waals surface area contributed by atoms with Crippen molar-refractivity contribution in [3.8, 4) is 0 Å². The van der Waals surface area contributed by atoms with Crippen LogP contribution in [0.1, 0.15) is 54.4 Å². The van der Waals surface area contributed by atoms with Gasteiger partial charge in [-0.05, 0) is 24.2 Å². The van der Waals surface area contributed by atoms with Gasteiger partial charge in [0.25, 0.3) is 0 Å². The van der Waals surface area contributed by atoms with Crippen LogP contribution < -0.4 is 0 Å². The zero-order valence-electron chi connectivity index (χ0n) is 11.3. The van der Waals surface area contributed by atoms with E-state index in [0.29, 0.717) is 5.41 Å². The van der Waals surface area contributed by atoms with Gasteiger partial charge in [0.1, 0.15) is 0 Å². The lowest BCUT2D eigenvalue weighted by Crippen LogP contribution is -2.40. The molecule has 0 aliphatic carbocycles. The van der Waals surface area contributed by atoms with Gasteiger partial charge < -0.3 is 4.90 Å². The molecule has 0 radical (unpaired) electrons. The van der Waals surface area contributed by atoms with Crippen molar-refractivity contribution in [3.63, 3.8) is 0 Å². The van der Waals surface area contributed by atoms with Crippen LogP contribution in [0.3, 0.4) is 0 Å². The molecule has 0 aromatic rings. The summed E-state index contributed by atoms with van der Waals surface area (Å²) in [4.78, 5) is 13.0. The van der Waals surface area contributed by atoms with Gasteiger partial charge in [-0.2, -0.15) is 0 Å². The molecule has 0 N–H and O–H groups in total. The lowest BCUT2D eigenvalue weighted by atomic mass is 9.75. The maximum atomic E-state index is 11.1. The number of amides is 1. The minimum Gasteiger partial charge on any atom is -0.343 e. The Balaban J connectivity index is 0.000000921. The van der Waals surface area contributed by atoms with Gasteiger partial charge in [0, 0.05) is 20.0 Å². The first-order valence-electron chi connectivity index (χ1n) is 6.17. The fraction of sp³-hybridized carbons (Fsp3) is 0.923. The van der Waals surface area contributed by atoms with Crippen LogP contribution in [0.25, 0.3) is 0 Å². The monoisotopic (exact) mass is 213 g/mol. The molecule has 0 saturated carbocycles. The van der Waals surface area contributed by atoms with Crippen LogP contribution in [-0.4, -0.2) is 23.9 Å². The summed E-state index contributed by atoms with van der Waals surface area (Å²) < 4.78 is 0. The van der Waals surface area contributed by atoms with Crippen molar-refractivity contribution >= 4 is 5.91 Å². The van der Waals surface area contributed by atoms with Gasteiger partial charge in [-0.1, -0.05) is 34.6 Å². The van der Waals surface area contributed by atoms with Crippen LogP contribution in [0.4, 0.5) is 0 Å². The largest absolute Gasteiger partial charge is 0.343 e. The summed E-state index contributed by atoms with van der Waals surface area (Å²) in [6, 6.07) is 0. The van der Waals surface area contributed by atoms with E-state index in [0.717, 1.165) is 19.0 Å². The third-order valence-electron chi connectivity index (χ3n) is 3.17. The highest BCUT2D eigenvalue weighted by Gasteiger charge is 2.29. The SMILES string of the molecule is CC.CC(=O)N1CCC(C(C)(C)C)CC1. The molecule has 1 fully saturated rings. The molecular formula is C13H27NO. The second kappa shape index (κ2) is 6.14. The van der Waals surface area contributed by atoms with E-state index in [1.165, 1.54) is 12.8 Å². The molecule has 2 nitrogen and oxygen atoms in total. The maximum Gasteiger partial charge on any atom is 0.219 e. The van der Waals surface area contributed by atoms with Crippen molar-refractivity contribution in [1.29, 1.82) is 0 Å². The highest BCUT2D eigenvalue weighted by Crippen LogP contribution is 2.34. The lowest BCUT2D eigenvalue weighted by molar-refractivity contribution is -0.130. The minimum absolute atomic E-state index is 0.229. The van der Waals surface area contributed by atoms with Crippen molar-refractivity contribution in [3.05, 3.63) is 0 Å². The highest BCUT2D eigenvalue weighted by atomic mass is 16.2. The Bertz CT molecular complexity index is 185. The van der Waals surface area contributed by atoms with E-state index < -0.39 is 0 Å². The smallest absolute Gasteiger partial charge is 0.219 e. The molecule has 15 heavy (non-hydrogen) atoms. The average molecular weight is 213 g/mol. The lowest BCUT2D eigenvalue weighted by Gasteiger charge is -2.38. The fourth-order valence-electron chi connectivity index (χ4n) is 2.06. The summed E-state index contributed by atoms with van der Waals surface area (Å²) >= 11 is 0. The summed E-state index contributed by atoms with van der Waals surface area (Å²) in [5.74, 6) is 1.01. The van der Waals surface area contributed by atoms with E-state index in [1.807, 2.05) is 18.7 Å². The van der Waals surface area contributed by atoms with E-state index in [2.05, 4.69) is 20.8 Å². The number of carbonyl (C=O) groups is 1. The van der Waals surface area contributed by atoms with Crippen molar-refractivity contribution in [1.82, 2.24) is 4.90 Å². The first kappa shape index (κ1) is 14.5. The van der Waals surface area contributed by atoms with E-state index in [9.17, 15) is 4.79 Å². The predicted molar refractivity (Wildman–Crippen MR) is 65.8 cm³/mol. The van der Waals surface area contributed by atoms with Gasteiger partial charge in [-0.15, -0.1) is 0 Å². The van der Waals surface area contributed by atoms with E-state index >= 15 is 0 Å². The molecule has 0 aromatic heterocycles. The first-order valence-corrected chi connectivity index (χ1v) is 6.17. The topological polar surface area (TPSA) is 20.3 Å². The van der Waals surface area contributed by atoms with Gasteiger partial charge in [0.15, 0.2) is 0 Å². The number of hydrogen-bond acceptors (Lipinski definition) is 1. The molecule has 0 spiro atoms. The van der Waals surface area contributed by atoms with Crippen molar-refractivity contribution in [2.45, 2.75) is 54.4 Å². The normalized spacial score (nSPS) is 18.1. The highest BCUT2D eigenvalue weighted by molar-refractivity contribution is 5.73. The molecular weight excluding hydrogens is 186 g/mol. The number of rotatable bonds is 0. The van der Waals surface area contributed by atoms with Gasteiger partial charge in [0.2, 0.25) is 5.91 Å². The molecule has 1 heterocycles. The second-order valence-corrected chi connectivity index (χ2v) is 5.15. The van der Waals surface area contributed by atoms with E-state index in [-0.39, 0.29) is 5.91 Å². The number of nitrogens with zero attached hydrogens (tertiary/aromatic N) is 1. The van der Waals surface area contributed by atoms with Gasteiger partial charge in [-0.3, -0.25) is 4.79 Å². The molecule has 1 aliphatic heterocycles. The Hall–Kier alpha value is -0.530. The molecule has 1 rings (SSSR count). The summed E-state index contributed by atoms with van der Waals surface area (Å²) in [5.41, 5.74) is 0.406. The molecule has 90 valence electrons. The Morgan fingerprint density at radius 3 is 1.80 bits per heavy atom. The number of likely N-dealkylation sites (tertiary alicyclic amines) is 1. The van der Waals surface area contributed by atoms with Crippen molar-refractivity contribution in [2.75, 3.05) is 13.1 Å². The Morgan fingerprint density at radius 1 is 1.13 bits per heavy atom. The summed E-state index contributed by atoms with van der Waals surface area (Å²) in [6.45, 7) is 14.5. The van der Waals surface area contributed by atoms with Crippen molar-refractivity contribution in [2.24, 2.45) is 11.3 Å². The summed E-state index contributed by atoms with van der Waals surface area (Å²) in [7, 11) is 0. The quantitative estimate of drug-likeness (QED) is 0.604. The molecule has 1 amide bonds.